The lowest BCUT2D eigenvalue weighted by Crippen LogP contribution is -2.04. The molecule has 2 heteroatoms. The highest BCUT2D eigenvalue weighted by Gasteiger charge is 2.02. The minimum Gasteiger partial charge on any atom is -0.324 e. The monoisotopic (exact) mass is 243 g/mol. The first-order chi connectivity index (χ1) is 8.56. The Morgan fingerprint density at radius 2 is 1.67 bits per heavy atom. The molecule has 0 spiro atoms. The van der Waals surface area contributed by atoms with Crippen LogP contribution in [0.4, 0.5) is 4.39 Å². The van der Waals surface area contributed by atoms with Crippen LogP contribution in [0.15, 0.2) is 42.5 Å². The van der Waals surface area contributed by atoms with Gasteiger partial charge < -0.3 is 5.73 Å². The van der Waals surface area contributed by atoms with Gasteiger partial charge in [-0.25, -0.2) is 4.39 Å². The third-order valence-corrected chi connectivity index (χ3v) is 3.14. The van der Waals surface area contributed by atoms with Crippen molar-refractivity contribution in [1.29, 1.82) is 0 Å². The molecule has 0 bridgehead atoms. The topological polar surface area (TPSA) is 26.0 Å². The van der Waals surface area contributed by atoms with Crippen molar-refractivity contribution in [3.63, 3.8) is 0 Å². The number of halogens is 1. The van der Waals surface area contributed by atoms with E-state index in [1.807, 2.05) is 19.1 Å². The van der Waals surface area contributed by atoms with Crippen LogP contribution in [0.5, 0.6) is 0 Å². The summed E-state index contributed by atoms with van der Waals surface area (Å²) < 4.78 is 13.2. The van der Waals surface area contributed by atoms with Gasteiger partial charge in [-0.15, -0.1) is 0 Å². The molecule has 1 atom stereocenters. The Labute approximate surface area is 107 Å². The molecule has 0 amide bonds. The molecule has 0 saturated heterocycles. The predicted molar refractivity (Wildman–Crippen MR) is 73.0 cm³/mol. The summed E-state index contributed by atoms with van der Waals surface area (Å²) in [7, 11) is 0. The standard InChI is InChI=1S/C16H18FN/c1-11-9-14(5-8-16(11)17)10-13-3-6-15(7-4-13)12(2)18/h3-9,12H,10,18H2,1-2H3/t12-/m0/s1. The molecule has 0 unspecified atom stereocenters. The fourth-order valence-corrected chi connectivity index (χ4v) is 1.99. The van der Waals surface area contributed by atoms with Gasteiger partial charge in [0.15, 0.2) is 0 Å². The maximum atomic E-state index is 13.2. The fourth-order valence-electron chi connectivity index (χ4n) is 1.99. The van der Waals surface area contributed by atoms with Crippen LogP contribution >= 0.6 is 0 Å². The molecule has 0 aliphatic heterocycles. The molecule has 2 aromatic rings. The van der Waals surface area contributed by atoms with Crippen molar-refractivity contribution in [3.05, 3.63) is 70.5 Å². The SMILES string of the molecule is Cc1cc(Cc2ccc([C@H](C)N)cc2)ccc1F. The van der Waals surface area contributed by atoms with E-state index in [1.54, 1.807) is 6.92 Å². The third kappa shape index (κ3) is 2.96. The number of hydrogen-bond acceptors (Lipinski definition) is 1. The van der Waals surface area contributed by atoms with Gasteiger partial charge >= 0.3 is 0 Å². The van der Waals surface area contributed by atoms with E-state index in [0.29, 0.717) is 5.56 Å². The summed E-state index contributed by atoms with van der Waals surface area (Å²) in [6, 6.07) is 13.6. The highest BCUT2D eigenvalue weighted by molar-refractivity contribution is 5.31. The normalized spacial score (nSPS) is 12.4. The van der Waals surface area contributed by atoms with Gasteiger partial charge in [-0.2, -0.15) is 0 Å². The lowest BCUT2D eigenvalue weighted by Gasteiger charge is -2.08. The van der Waals surface area contributed by atoms with E-state index >= 15 is 0 Å². The van der Waals surface area contributed by atoms with Crippen LogP contribution in [-0.4, -0.2) is 0 Å². The minimum absolute atomic E-state index is 0.0621. The molecular formula is C16H18FN. The van der Waals surface area contributed by atoms with Gasteiger partial charge in [0.2, 0.25) is 0 Å². The van der Waals surface area contributed by atoms with Crippen LogP contribution in [0.25, 0.3) is 0 Å². The summed E-state index contributed by atoms with van der Waals surface area (Å²) in [5.41, 5.74) is 9.98. The van der Waals surface area contributed by atoms with Gasteiger partial charge in [0, 0.05) is 6.04 Å². The van der Waals surface area contributed by atoms with Crippen molar-refractivity contribution < 1.29 is 4.39 Å². The van der Waals surface area contributed by atoms with Crippen molar-refractivity contribution in [2.75, 3.05) is 0 Å². The van der Waals surface area contributed by atoms with E-state index in [1.165, 1.54) is 11.6 Å². The largest absolute Gasteiger partial charge is 0.324 e. The second-order valence-electron chi connectivity index (χ2n) is 4.79. The van der Waals surface area contributed by atoms with Crippen LogP contribution in [-0.2, 0) is 6.42 Å². The predicted octanol–water partition coefficient (Wildman–Crippen LogP) is 3.74. The van der Waals surface area contributed by atoms with Gasteiger partial charge in [-0.3, -0.25) is 0 Å². The van der Waals surface area contributed by atoms with Crippen molar-refractivity contribution in [2.45, 2.75) is 26.3 Å². The molecule has 0 saturated carbocycles. The average molecular weight is 243 g/mol. The zero-order chi connectivity index (χ0) is 13.1. The van der Waals surface area contributed by atoms with E-state index in [-0.39, 0.29) is 11.9 Å². The molecule has 94 valence electrons. The summed E-state index contributed by atoms with van der Waals surface area (Å²) in [4.78, 5) is 0. The van der Waals surface area contributed by atoms with Crippen molar-refractivity contribution in [3.8, 4) is 0 Å². The zero-order valence-corrected chi connectivity index (χ0v) is 10.8. The second-order valence-corrected chi connectivity index (χ2v) is 4.79. The first-order valence-corrected chi connectivity index (χ1v) is 6.15. The van der Waals surface area contributed by atoms with Crippen LogP contribution < -0.4 is 5.73 Å². The van der Waals surface area contributed by atoms with E-state index < -0.39 is 0 Å². The number of rotatable bonds is 3. The Morgan fingerprint density at radius 1 is 1.06 bits per heavy atom. The van der Waals surface area contributed by atoms with Gasteiger partial charge in [0.25, 0.3) is 0 Å². The number of hydrogen-bond donors (Lipinski definition) is 1. The Bertz CT molecular complexity index is 529. The first kappa shape index (κ1) is 12.8. The summed E-state index contributed by atoms with van der Waals surface area (Å²) in [6.45, 7) is 3.76. The summed E-state index contributed by atoms with van der Waals surface area (Å²) in [6.07, 6.45) is 0.820. The number of aryl methyl sites for hydroxylation is 1. The summed E-state index contributed by atoms with van der Waals surface area (Å²) in [5.74, 6) is -0.147. The molecule has 0 radical (unpaired) electrons. The van der Waals surface area contributed by atoms with Crippen molar-refractivity contribution in [2.24, 2.45) is 5.73 Å². The van der Waals surface area contributed by atoms with E-state index in [2.05, 4.69) is 24.3 Å². The molecular weight excluding hydrogens is 225 g/mol. The molecule has 2 N–H and O–H groups in total. The van der Waals surface area contributed by atoms with Gasteiger partial charge in [-0.05, 0) is 48.6 Å². The van der Waals surface area contributed by atoms with Crippen LogP contribution in [0.3, 0.4) is 0 Å². The molecule has 18 heavy (non-hydrogen) atoms. The van der Waals surface area contributed by atoms with E-state index in [0.717, 1.165) is 17.5 Å². The van der Waals surface area contributed by atoms with Crippen LogP contribution in [0, 0.1) is 12.7 Å². The maximum absolute atomic E-state index is 13.2. The van der Waals surface area contributed by atoms with Crippen LogP contribution in [0.1, 0.15) is 35.2 Å². The quantitative estimate of drug-likeness (QED) is 0.873. The Balaban J connectivity index is 2.15. The van der Waals surface area contributed by atoms with E-state index in [9.17, 15) is 4.39 Å². The molecule has 1 nitrogen and oxygen atoms in total. The summed E-state index contributed by atoms with van der Waals surface area (Å²) >= 11 is 0. The number of benzene rings is 2. The lowest BCUT2D eigenvalue weighted by atomic mass is 10.0. The van der Waals surface area contributed by atoms with Crippen molar-refractivity contribution in [1.82, 2.24) is 0 Å². The lowest BCUT2D eigenvalue weighted by molar-refractivity contribution is 0.618. The molecule has 0 aliphatic rings. The summed E-state index contributed by atoms with van der Waals surface area (Å²) in [5, 5.41) is 0. The molecule has 0 aliphatic carbocycles. The zero-order valence-electron chi connectivity index (χ0n) is 10.8. The first-order valence-electron chi connectivity index (χ1n) is 6.15. The molecule has 0 aromatic heterocycles. The molecule has 0 fully saturated rings. The Hall–Kier alpha value is -1.67. The minimum atomic E-state index is -0.147. The smallest absolute Gasteiger partial charge is 0.126 e. The Kier molecular flexibility index (Phi) is 3.78. The van der Waals surface area contributed by atoms with Gasteiger partial charge in [0.1, 0.15) is 5.82 Å². The molecule has 2 aromatic carbocycles. The highest BCUT2D eigenvalue weighted by atomic mass is 19.1. The van der Waals surface area contributed by atoms with Crippen LogP contribution in [0.2, 0.25) is 0 Å². The van der Waals surface area contributed by atoms with Crippen molar-refractivity contribution >= 4 is 0 Å². The number of nitrogens with two attached hydrogens (primary N) is 1. The molecule has 2 rings (SSSR count). The van der Waals surface area contributed by atoms with E-state index in [4.69, 9.17) is 5.73 Å². The fraction of sp³-hybridized carbons (Fsp3) is 0.250. The second kappa shape index (κ2) is 5.32. The Morgan fingerprint density at radius 3 is 2.22 bits per heavy atom. The third-order valence-electron chi connectivity index (χ3n) is 3.14. The van der Waals surface area contributed by atoms with Gasteiger partial charge in [0.05, 0.1) is 0 Å². The maximum Gasteiger partial charge on any atom is 0.126 e. The highest BCUT2D eigenvalue weighted by Crippen LogP contribution is 2.16. The molecule has 0 heterocycles. The van der Waals surface area contributed by atoms with Gasteiger partial charge in [-0.1, -0.05) is 36.4 Å². The average Bonchev–Trinajstić information content (AvgIpc) is 2.34.